The molecular weight excluding hydrogens is 416 g/mol. The second-order valence-electron chi connectivity index (χ2n) is 5.72. The van der Waals surface area contributed by atoms with E-state index in [1.807, 2.05) is 0 Å². The molecule has 0 aliphatic rings. The summed E-state index contributed by atoms with van der Waals surface area (Å²) in [6, 6.07) is 6.14. The fourth-order valence-corrected chi connectivity index (χ4v) is 2.89. The van der Waals surface area contributed by atoms with Crippen molar-refractivity contribution < 1.29 is 17.6 Å². The Hall–Kier alpha value is -2.42. The molecule has 2 aromatic carbocycles. The van der Waals surface area contributed by atoms with E-state index < -0.39 is 17.6 Å². The summed E-state index contributed by atoms with van der Waals surface area (Å²) in [6.45, 7) is 1.71. The van der Waals surface area contributed by atoms with Gasteiger partial charge in [0.2, 0.25) is 0 Å². The lowest BCUT2D eigenvalue weighted by molar-refractivity contribution is -0.137. The zero-order valence-electron chi connectivity index (χ0n) is 13.5. The van der Waals surface area contributed by atoms with Crippen molar-refractivity contribution in [1.29, 1.82) is 0 Å². The van der Waals surface area contributed by atoms with Crippen LogP contribution in [-0.2, 0) is 12.7 Å². The molecule has 0 saturated heterocycles. The molecule has 0 atom stereocenters. The van der Waals surface area contributed by atoms with Gasteiger partial charge in [-0.25, -0.2) is 14.4 Å². The zero-order chi connectivity index (χ0) is 19.1. The Morgan fingerprint density at radius 3 is 2.54 bits per heavy atom. The predicted octanol–water partition coefficient (Wildman–Crippen LogP) is 5.05. The van der Waals surface area contributed by atoms with Crippen molar-refractivity contribution in [2.24, 2.45) is 0 Å². The summed E-state index contributed by atoms with van der Waals surface area (Å²) in [5, 5.41) is 3.53. The molecule has 0 bridgehead atoms. The molecule has 0 amide bonds. The number of aromatic nitrogens is 2. The summed E-state index contributed by atoms with van der Waals surface area (Å²) in [5.74, 6) is 0.335. The van der Waals surface area contributed by atoms with E-state index in [4.69, 9.17) is 5.73 Å². The zero-order valence-corrected chi connectivity index (χ0v) is 15.0. The van der Waals surface area contributed by atoms with Gasteiger partial charge in [0, 0.05) is 23.7 Å². The number of rotatable bonds is 3. The van der Waals surface area contributed by atoms with Crippen LogP contribution in [0.15, 0.2) is 34.8 Å². The van der Waals surface area contributed by atoms with Crippen LogP contribution in [0.4, 0.5) is 29.1 Å². The van der Waals surface area contributed by atoms with Crippen LogP contribution in [0, 0.1) is 12.7 Å². The molecule has 0 aliphatic heterocycles. The van der Waals surface area contributed by atoms with Crippen LogP contribution >= 0.6 is 15.9 Å². The fraction of sp³-hybridized carbons (Fsp3) is 0.176. The van der Waals surface area contributed by atoms with E-state index in [1.54, 1.807) is 6.92 Å². The highest BCUT2D eigenvalue weighted by molar-refractivity contribution is 9.10. The Bertz CT molecular complexity index is 989. The molecule has 136 valence electrons. The summed E-state index contributed by atoms with van der Waals surface area (Å²) >= 11 is 3.11. The van der Waals surface area contributed by atoms with Gasteiger partial charge in [-0.3, -0.25) is 0 Å². The number of anilines is 2. The normalized spacial score (nSPS) is 11.8. The van der Waals surface area contributed by atoms with E-state index in [9.17, 15) is 17.6 Å². The summed E-state index contributed by atoms with van der Waals surface area (Å²) in [4.78, 5) is 8.43. The van der Waals surface area contributed by atoms with Crippen LogP contribution < -0.4 is 11.1 Å². The Morgan fingerprint density at radius 2 is 1.85 bits per heavy atom. The monoisotopic (exact) mass is 428 g/mol. The van der Waals surface area contributed by atoms with E-state index in [0.717, 1.165) is 12.1 Å². The smallest absolute Gasteiger partial charge is 0.399 e. The maximum absolute atomic E-state index is 13.7. The highest BCUT2D eigenvalue weighted by atomic mass is 79.9. The van der Waals surface area contributed by atoms with Crippen molar-refractivity contribution in [3.63, 3.8) is 0 Å². The predicted molar refractivity (Wildman–Crippen MR) is 95.1 cm³/mol. The van der Waals surface area contributed by atoms with Crippen molar-refractivity contribution in [1.82, 2.24) is 9.97 Å². The lowest BCUT2D eigenvalue weighted by Gasteiger charge is -2.13. The number of alkyl halides is 3. The van der Waals surface area contributed by atoms with Crippen LogP contribution in [-0.4, -0.2) is 9.97 Å². The van der Waals surface area contributed by atoms with Gasteiger partial charge in [-0.15, -0.1) is 0 Å². The van der Waals surface area contributed by atoms with Crippen LogP contribution in [0.2, 0.25) is 0 Å². The molecular formula is C17H13BrF4N4. The number of nitrogens with one attached hydrogen (secondary N) is 1. The molecule has 3 rings (SSSR count). The minimum absolute atomic E-state index is 0.0187. The Balaban J connectivity index is 1.95. The van der Waals surface area contributed by atoms with E-state index in [0.29, 0.717) is 28.1 Å². The van der Waals surface area contributed by atoms with Crippen molar-refractivity contribution in [2.75, 3.05) is 11.1 Å². The number of halogens is 5. The van der Waals surface area contributed by atoms with Crippen LogP contribution in [0.3, 0.4) is 0 Å². The summed E-state index contributed by atoms with van der Waals surface area (Å²) in [5.41, 5.74) is 5.52. The largest absolute Gasteiger partial charge is 0.416 e. The number of nitrogens with zero attached hydrogens (tertiary/aromatic N) is 2. The van der Waals surface area contributed by atoms with Gasteiger partial charge in [0.1, 0.15) is 17.5 Å². The molecule has 3 aromatic rings. The van der Waals surface area contributed by atoms with Gasteiger partial charge >= 0.3 is 6.18 Å². The van der Waals surface area contributed by atoms with Crippen molar-refractivity contribution in [3.8, 4) is 0 Å². The molecule has 4 nitrogen and oxygen atoms in total. The Labute approximate surface area is 154 Å². The van der Waals surface area contributed by atoms with Crippen LogP contribution in [0.25, 0.3) is 10.9 Å². The topological polar surface area (TPSA) is 63.8 Å². The van der Waals surface area contributed by atoms with E-state index in [1.165, 1.54) is 18.2 Å². The third kappa shape index (κ3) is 3.87. The molecule has 3 N–H and O–H groups in total. The second kappa shape index (κ2) is 6.71. The number of aryl methyl sites for hydroxylation is 1. The van der Waals surface area contributed by atoms with Gasteiger partial charge in [-0.2, -0.15) is 13.2 Å². The van der Waals surface area contributed by atoms with Crippen LogP contribution in [0.5, 0.6) is 0 Å². The number of nitrogen functional groups attached to an aromatic ring is 1. The first kappa shape index (κ1) is 18.4. The van der Waals surface area contributed by atoms with Gasteiger partial charge < -0.3 is 11.1 Å². The lowest BCUT2D eigenvalue weighted by Crippen LogP contribution is -2.09. The summed E-state index contributed by atoms with van der Waals surface area (Å²) in [7, 11) is 0. The molecule has 0 radical (unpaired) electrons. The molecule has 1 heterocycles. The van der Waals surface area contributed by atoms with Crippen LogP contribution in [0.1, 0.15) is 17.0 Å². The third-order valence-corrected chi connectivity index (χ3v) is 4.26. The van der Waals surface area contributed by atoms with E-state index in [-0.39, 0.29) is 16.7 Å². The average Bonchev–Trinajstić information content (AvgIpc) is 2.53. The number of nitrogens with two attached hydrogens (primary N) is 1. The van der Waals surface area contributed by atoms with Crippen molar-refractivity contribution in [3.05, 3.63) is 57.6 Å². The standard InChI is InChI=1S/C17H13BrF4N4/c1-8-25-15-6-14(19)13(18)5-12(15)16(26-8)24-7-9-2-10(17(20,21)22)4-11(23)3-9/h2-6H,7,23H2,1H3,(H,24,25,26). The molecule has 26 heavy (non-hydrogen) atoms. The number of fused-ring (bicyclic) bond motifs is 1. The van der Waals surface area contributed by atoms with Gasteiger partial charge in [-0.05, 0) is 52.7 Å². The number of hydrogen-bond acceptors (Lipinski definition) is 4. The first-order valence-corrected chi connectivity index (χ1v) is 8.26. The summed E-state index contributed by atoms with van der Waals surface area (Å²) in [6.07, 6.45) is -4.48. The van der Waals surface area contributed by atoms with Gasteiger partial charge in [0.05, 0.1) is 15.6 Å². The molecule has 0 aliphatic carbocycles. The summed E-state index contributed by atoms with van der Waals surface area (Å²) < 4.78 is 52.7. The minimum atomic E-state index is -4.48. The molecule has 0 fully saturated rings. The van der Waals surface area contributed by atoms with E-state index >= 15 is 0 Å². The van der Waals surface area contributed by atoms with Gasteiger partial charge in [0.25, 0.3) is 0 Å². The van der Waals surface area contributed by atoms with Gasteiger partial charge in [0.15, 0.2) is 0 Å². The molecule has 0 saturated carbocycles. The Kier molecular flexibility index (Phi) is 4.74. The van der Waals surface area contributed by atoms with Crippen molar-refractivity contribution >= 4 is 38.3 Å². The molecule has 9 heteroatoms. The SMILES string of the molecule is Cc1nc(NCc2cc(N)cc(C(F)(F)F)c2)c2cc(Br)c(F)cc2n1. The number of benzene rings is 2. The molecule has 1 aromatic heterocycles. The lowest BCUT2D eigenvalue weighted by atomic mass is 10.1. The maximum Gasteiger partial charge on any atom is 0.416 e. The maximum atomic E-state index is 13.7. The van der Waals surface area contributed by atoms with Crippen molar-refractivity contribution in [2.45, 2.75) is 19.6 Å². The Morgan fingerprint density at radius 1 is 1.12 bits per heavy atom. The first-order valence-electron chi connectivity index (χ1n) is 7.47. The average molecular weight is 429 g/mol. The second-order valence-corrected chi connectivity index (χ2v) is 6.57. The molecule has 0 unspecified atom stereocenters. The third-order valence-electron chi connectivity index (χ3n) is 3.65. The number of hydrogen-bond donors (Lipinski definition) is 2. The molecule has 0 spiro atoms. The minimum Gasteiger partial charge on any atom is -0.399 e. The van der Waals surface area contributed by atoms with E-state index in [2.05, 4.69) is 31.2 Å². The fourth-order valence-electron chi connectivity index (χ4n) is 2.54. The highest BCUT2D eigenvalue weighted by Gasteiger charge is 2.31. The first-order chi connectivity index (χ1) is 12.1. The quantitative estimate of drug-likeness (QED) is 0.452. The van der Waals surface area contributed by atoms with Gasteiger partial charge in [-0.1, -0.05) is 0 Å². The highest BCUT2D eigenvalue weighted by Crippen LogP contribution is 2.32.